The van der Waals surface area contributed by atoms with Crippen molar-refractivity contribution in [3.63, 3.8) is 0 Å². The summed E-state index contributed by atoms with van der Waals surface area (Å²) in [6.07, 6.45) is 4.33. The van der Waals surface area contributed by atoms with E-state index in [1.54, 1.807) is 6.07 Å². The summed E-state index contributed by atoms with van der Waals surface area (Å²) in [7, 11) is 0. The third-order valence-electron chi connectivity index (χ3n) is 8.89. The van der Waals surface area contributed by atoms with Gasteiger partial charge in [0.1, 0.15) is 17.7 Å². The zero-order valence-corrected chi connectivity index (χ0v) is 23.8. The second kappa shape index (κ2) is 10.3. The van der Waals surface area contributed by atoms with Gasteiger partial charge in [-0.15, -0.1) is 0 Å². The van der Waals surface area contributed by atoms with Crippen molar-refractivity contribution in [3.05, 3.63) is 52.0 Å². The van der Waals surface area contributed by atoms with Crippen LogP contribution in [0.3, 0.4) is 0 Å². The van der Waals surface area contributed by atoms with Crippen molar-refractivity contribution in [2.45, 2.75) is 64.0 Å². The maximum absolute atomic E-state index is 11.6. The molecule has 2 saturated heterocycles. The average Bonchev–Trinajstić information content (AvgIpc) is 3.67. The highest BCUT2D eigenvalue weighted by molar-refractivity contribution is 6.32. The lowest BCUT2D eigenvalue weighted by Gasteiger charge is -2.45. The van der Waals surface area contributed by atoms with Crippen LogP contribution in [0, 0.1) is 16.7 Å². The number of nitrogens with zero attached hydrogens (tertiary/aromatic N) is 4. The summed E-state index contributed by atoms with van der Waals surface area (Å²) in [5.41, 5.74) is 4.10. The van der Waals surface area contributed by atoms with E-state index in [4.69, 9.17) is 21.2 Å². The van der Waals surface area contributed by atoms with E-state index in [1.165, 1.54) is 11.1 Å². The van der Waals surface area contributed by atoms with Gasteiger partial charge in [-0.1, -0.05) is 28.9 Å². The van der Waals surface area contributed by atoms with Gasteiger partial charge in [0, 0.05) is 38.3 Å². The summed E-state index contributed by atoms with van der Waals surface area (Å²) in [5, 5.41) is 23.7. The summed E-state index contributed by atoms with van der Waals surface area (Å²) in [5.74, 6) is 1.60. The van der Waals surface area contributed by atoms with Gasteiger partial charge in [0.05, 0.1) is 29.0 Å². The van der Waals surface area contributed by atoms with Crippen molar-refractivity contribution in [3.8, 4) is 22.9 Å². The fourth-order valence-corrected chi connectivity index (χ4v) is 6.52. The Morgan fingerprint density at radius 2 is 2.00 bits per heavy atom. The summed E-state index contributed by atoms with van der Waals surface area (Å²) in [6.45, 7) is 8.20. The number of carboxylic acids is 1. The fraction of sp³-hybridized carbons (Fsp3) is 0.516. The molecule has 0 aromatic heterocycles. The highest BCUT2D eigenvalue weighted by atomic mass is 35.5. The highest BCUT2D eigenvalue weighted by Crippen LogP contribution is 2.49. The van der Waals surface area contributed by atoms with Crippen LogP contribution in [0.5, 0.6) is 5.75 Å². The summed E-state index contributed by atoms with van der Waals surface area (Å²) in [4.78, 5) is 22.2. The number of ether oxygens (including phenoxy) is 1. The van der Waals surface area contributed by atoms with Gasteiger partial charge in [-0.25, -0.2) is 0 Å². The molecule has 3 aliphatic heterocycles. The van der Waals surface area contributed by atoms with E-state index in [-0.39, 0.29) is 5.60 Å². The van der Waals surface area contributed by atoms with Crippen LogP contribution in [-0.4, -0.2) is 65.1 Å². The molecule has 0 amide bonds. The van der Waals surface area contributed by atoms with E-state index in [0.717, 1.165) is 61.6 Å². The molecule has 0 atom stereocenters. The van der Waals surface area contributed by atoms with Crippen LogP contribution >= 0.6 is 11.6 Å². The number of halogens is 1. The van der Waals surface area contributed by atoms with Crippen LogP contribution in [0.4, 0.5) is 0 Å². The molecule has 40 heavy (non-hydrogen) atoms. The molecule has 0 bridgehead atoms. The smallest absolute Gasteiger partial charge is 0.309 e. The number of rotatable bonds is 7. The molecular weight excluding hydrogens is 528 g/mol. The molecular formula is C31H35ClN4O4. The number of hydrogen-bond donors (Lipinski definition) is 1. The van der Waals surface area contributed by atoms with Crippen LogP contribution < -0.4 is 4.74 Å². The van der Waals surface area contributed by atoms with Crippen LogP contribution in [0.15, 0.2) is 35.5 Å². The van der Waals surface area contributed by atoms with Crippen molar-refractivity contribution >= 4 is 23.4 Å². The van der Waals surface area contributed by atoms with Crippen molar-refractivity contribution < 1.29 is 19.5 Å². The molecule has 0 radical (unpaired) electrons. The van der Waals surface area contributed by atoms with Crippen molar-refractivity contribution in [2.24, 2.45) is 10.6 Å². The number of hydrogen-bond acceptors (Lipinski definition) is 7. The van der Waals surface area contributed by atoms with Crippen LogP contribution in [0.25, 0.3) is 11.1 Å². The summed E-state index contributed by atoms with van der Waals surface area (Å²) >= 11 is 6.41. The SMILES string of the molecule is CCOc1cc(CN2CC3(CC(N4CCC(C)(C(=O)O)CC4)=NO3)C2)cc(C2CC2)c1-c1ccc(C#N)c(Cl)c1. The molecule has 1 spiro atoms. The second-order valence-electron chi connectivity index (χ2n) is 12.0. The Bertz CT molecular complexity index is 1400. The Morgan fingerprint density at radius 1 is 1.25 bits per heavy atom. The molecule has 8 nitrogen and oxygen atoms in total. The van der Waals surface area contributed by atoms with E-state index in [9.17, 15) is 15.2 Å². The summed E-state index contributed by atoms with van der Waals surface area (Å²) < 4.78 is 6.17. The van der Waals surface area contributed by atoms with Gasteiger partial charge in [0.25, 0.3) is 0 Å². The maximum atomic E-state index is 11.6. The lowest BCUT2D eigenvalue weighted by Crippen LogP contribution is -2.61. The van der Waals surface area contributed by atoms with Crippen LogP contribution in [0.2, 0.25) is 5.02 Å². The Kier molecular flexibility index (Phi) is 6.92. The number of piperidine rings is 1. The minimum atomic E-state index is -0.714. The van der Waals surface area contributed by atoms with Crippen molar-refractivity contribution in [1.82, 2.24) is 9.80 Å². The number of benzene rings is 2. The first-order chi connectivity index (χ1) is 19.2. The normalized spacial score (nSPS) is 21.4. The van der Waals surface area contributed by atoms with E-state index in [0.29, 0.717) is 49.0 Å². The quantitative estimate of drug-likeness (QED) is 0.467. The molecule has 4 aliphatic rings. The third kappa shape index (κ3) is 5.02. The third-order valence-corrected chi connectivity index (χ3v) is 9.20. The van der Waals surface area contributed by atoms with E-state index in [1.807, 2.05) is 26.0 Å². The van der Waals surface area contributed by atoms with Gasteiger partial charge in [0.15, 0.2) is 5.60 Å². The first-order valence-electron chi connectivity index (χ1n) is 14.2. The molecule has 1 N–H and O–H groups in total. The maximum Gasteiger partial charge on any atom is 0.309 e. The highest BCUT2D eigenvalue weighted by Gasteiger charge is 2.51. The van der Waals surface area contributed by atoms with E-state index in [2.05, 4.69) is 33.2 Å². The minimum Gasteiger partial charge on any atom is -0.493 e. The molecule has 210 valence electrons. The predicted octanol–water partition coefficient (Wildman–Crippen LogP) is 5.63. The number of oxime groups is 1. The Hall–Kier alpha value is -3.28. The average molecular weight is 563 g/mol. The van der Waals surface area contributed by atoms with Crippen molar-refractivity contribution in [1.29, 1.82) is 5.26 Å². The number of likely N-dealkylation sites (tertiary alicyclic amines) is 2. The number of carboxylic acid groups (broad SMARTS) is 1. The number of aliphatic carboxylic acids is 1. The van der Waals surface area contributed by atoms with Gasteiger partial charge in [0.2, 0.25) is 0 Å². The molecule has 0 unspecified atom stereocenters. The van der Waals surface area contributed by atoms with Gasteiger partial charge in [-0.3, -0.25) is 9.69 Å². The minimum absolute atomic E-state index is 0.288. The topological polar surface area (TPSA) is 98.4 Å². The predicted molar refractivity (Wildman–Crippen MR) is 152 cm³/mol. The molecule has 1 saturated carbocycles. The molecule has 2 aromatic carbocycles. The standard InChI is InChI=1S/C31H35ClN4O4/c1-3-39-26-13-20(12-24(21-4-5-21)28(26)22-6-7-23(16-33)25(32)14-22)17-35-18-31(19-35)15-27(34-40-31)36-10-8-30(2,9-11-36)29(37)38/h6-7,12-14,21H,3-5,8-11,15,17-19H2,1-2H3,(H,37,38). The lowest BCUT2D eigenvalue weighted by molar-refractivity contribution is -0.150. The van der Waals surface area contributed by atoms with Gasteiger partial charge in [-0.2, -0.15) is 5.26 Å². The summed E-state index contributed by atoms with van der Waals surface area (Å²) in [6, 6.07) is 12.2. The van der Waals surface area contributed by atoms with Crippen LogP contribution in [0.1, 0.15) is 68.6 Å². The number of amidine groups is 1. The largest absolute Gasteiger partial charge is 0.493 e. The van der Waals surface area contributed by atoms with Crippen molar-refractivity contribution in [2.75, 3.05) is 32.8 Å². The zero-order valence-electron chi connectivity index (χ0n) is 23.1. The van der Waals surface area contributed by atoms with Gasteiger partial charge < -0.3 is 19.6 Å². The van der Waals surface area contributed by atoms with E-state index >= 15 is 0 Å². The fourth-order valence-electron chi connectivity index (χ4n) is 6.30. The molecule has 6 rings (SSSR count). The Balaban J connectivity index is 1.14. The monoisotopic (exact) mass is 562 g/mol. The molecule has 2 aromatic rings. The number of nitriles is 1. The second-order valence-corrected chi connectivity index (χ2v) is 12.4. The number of carbonyl (C=O) groups is 1. The zero-order chi connectivity index (χ0) is 28.1. The molecule has 9 heteroatoms. The van der Waals surface area contributed by atoms with E-state index < -0.39 is 11.4 Å². The van der Waals surface area contributed by atoms with Gasteiger partial charge in [-0.05, 0) is 80.3 Å². The lowest BCUT2D eigenvalue weighted by atomic mass is 9.80. The molecule has 1 aliphatic carbocycles. The first-order valence-corrected chi connectivity index (χ1v) is 14.6. The molecule has 3 heterocycles. The first kappa shape index (κ1) is 26.9. The Morgan fingerprint density at radius 3 is 2.62 bits per heavy atom. The Labute approximate surface area is 240 Å². The van der Waals surface area contributed by atoms with Gasteiger partial charge >= 0.3 is 5.97 Å². The molecule has 3 fully saturated rings. The van der Waals surface area contributed by atoms with Crippen LogP contribution in [-0.2, 0) is 16.2 Å².